The van der Waals surface area contributed by atoms with Gasteiger partial charge in [0, 0.05) is 22.9 Å². The average Bonchev–Trinajstić information content (AvgIpc) is 2.84. The summed E-state index contributed by atoms with van der Waals surface area (Å²) in [6.45, 7) is 7.66. The van der Waals surface area contributed by atoms with Crippen molar-refractivity contribution in [2.24, 2.45) is 0 Å². The molecule has 102 valence electrons. The SMILES string of the molecule is CC(NCC(C)(C)c1ccccc1)c1ccc(Cl)s1. The molecule has 0 fully saturated rings. The zero-order valence-electron chi connectivity index (χ0n) is 11.6. The Hall–Kier alpha value is -0.830. The molecule has 1 heterocycles. The van der Waals surface area contributed by atoms with Crippen LogP contribution in [-0.2, 0) is 5.41 Å². The van der Waals surface area contributed by atoms with Gasteiger partial charge in [-0.2, -0.15) is 0 Å². The van der Waals surface area contributed by atoms with Crippen LogP contribution in [0, 0.1) is 0 Å². The Morgan fingerprint density at radius 2 is 1.84 bits per heavy atom. The third-order valence-corrected chi connectivity index (χ3v) is 4.84. The number of rotatable bonds is 5. The molecule has 0 saturated carbocycles. The van der Waals surface area contributed by atoms with Gasteiger partial charge < -0.3 is 5.32 Å². The molecule has 0 spiro atoms. The molecule has 0 aliphatic rings. The van der Waals surface area contributed by atoms with E-state index in [0.717, 1.165) is 10.9 Å². The molecule has 0 aliphatic carbocycles. The van der Waals surface area contributed by atoms with Gasteiger partial charge in [-0.15, -0.1) is 11.3 Å². The third-order valence-electron chi connectivity index (χ3n) is 3.43. The fourth-order valence-electron chi connectivity index (χ4n) is 2.06. The highest BCUT2D eigenvalue weighted by molar-refractivity contribution is 7.16. The largest absolute Gasteiger partial charge is 0.309 e. The summed E-state index contributed by atoms with van der Waals surface area (Å²) in [7, 11) is 0. The number of nitrogens with one attached hydrogen (secondary N) is 1. The Bertz CT molecular complexity index is 519. The molecule has 1 aromatic carbocycles. The number of halogens is 1. The van der Waals surface area contributed by atoms with Gasteiger partial charge in [0.2, 0.25) is 0 Å². The molecular formula is C16H20ClNS. The van der Waals surface area contributed by atoms with E-state index < -0.39 is 0 Å². The lowest BCUT2D eigenvalue weighted by atomic mass is 9.84. The first-order chi connectivity index (χ1) is 8.99. The molecule has 1 atom stereocenters. The fourth-order valence-corrected chi connectivity index (χ4v) is 3.15. The minimum absolute atomic E-state index is 0.122. The Labute approximate surface area is 124 Å². The molecule has 1 aromatic heterocycles. The maximum Gasteiger partial charge on any atom is 0.0931 e. The topological polar surface area (TPSA) is 12.0 Å². The minimum Gasteiger partial charge on any atom is -0.309 e. The zero-order valence-corrected chi connectivity index (χ0v) is 13.2. The smallest absolute Gasteiger partial charge is 0.0931 e. The predicted octanol–water partition coefficient (Wildman–Crippen LogP) is 5.03. The van der Waals surface area contributed by atoms with Crippen molar-refractivity contribution in [3.05, 3.63) is 57.2 Å². The van der Waals surface area contributed by atoms with Gasteiger partial charge >= 0.3 is 0 Å². The summed E-state index contributed by atoms with van der Waals surface area (Å²) in [5.74, 6) is 0. The van der Waals surface area contributed by atoms with E-state index in [1.165, 1.54) is 10.4 Å². The molecule has 0 saturated heterocycles. The normalized spacial score (nSPS) is 13.5. The van der Waals surface area contributed by atoms with Crippen LogP contribution in [0.25, 0.3) is 0 Å². The third kappa shape index (κ3) is 3.82. The van der Waals surface area contributed by atoms with Crippen molar-refractivity contribution in [1.82, 2.24) is 5.32 Å². The summed E-state index contributed by atoms with van der Waals surface area (Å²) in [6.07, 6.45) is 0. The highest BCUT2D eigenvalue weighted by atomic mass is 35.5. The highest BCUT2D eigenvalue weighted by Crippen LogP contribution is 2.28. The van der Waals surface area contributed by atoms with Crippen molar-refractivity contribution in [1.29, 1.82) is 0 Å². The standard InChI is InChI=1S/C16H20ClNS/c1-12(14-9-10-15(17)19-14)18-11-16(2,3)13-7-5-4-6-8-13/h4-10,12,18H,11H2,1-3H3. The van der Waals surface area contributed by atoms with E-state index in [-0.39, 0.29) is 5.41 Å². The van der Waals surface area contributed by atoms with Crippen molar-refractivity contribution < 1.29 is 0 Å². The van der Waals surface area contributed by atoms with Gasteiger partial charge in [0.1, 0.15) is 0 Å². The first-order valence-electron chi connectivity index (χ1n) is 6.53. The van der Waals surface area contributed by atoms with Gasteiger partial charge in [0.15, 0.2) is 0 Å². The van der Waals surface area contributed by atoms with E-state index in [9.17, 15) is 0 Å². The monoisotopic (exact) mass is 293 g/mol. The quantitative estimate of drug-likeness (QED) is 0.815. The van der Waals surface area contributed by atoms with Crippen molar-refractivity contribution >= 4 is 22.9 Å². The number of hydrogen-bond acceptors (Lipinski definition) is 2. The Balaban J connectivity index is 1.98. The van der Waals surface area contributed by atoms with Crippen LogP contribution >= 0.6 is 22.9 Å². The zero-order chi connectivity index (χ0) is 13.9. The molecule has 2 aromatic rings. The Morgan fingerprint density at radius 3 is 2.42 bits per heavy atom. The number of thiophene rings is 1. The van der Waals surface area contributed by atoms with Crippen molar-refractivity contribution in [2.45, 2.75) is 32.2 Å². The molecule has 0 amide bonds. The van der Waals surface area contributed by atoms with Gasteiger partial charge in [-0.05, 0) is 24.6 Å². The summed E-state index contributed by atoms with van der Waals surface area (Å²) < 4.78 is 0.853. The second-order valence-corrected chi connectivity index (χ2v) is 7.24. The molecule has 3 heteroatoms. The lowest BCUT2D eigenvalue weighted by Gasteiger charge is -2.27. The maximum absolute atomic E-state index is 5.98. The summed E-state index contributed by atoms with van der Waals surface area (Å²) >= 11 is 7.63. The summed E-state index contributed by atoms with van der Waals surface area (Å²) in [6, 6.07) is 15.0. The van der Waals surface area contributed by atoms with Crippen LogP contribution in [0.15, 0.2) is 42.5 Å². The minimum atomic E-state index is 0.122. The van der Waals surface area contributed by atoms with Crippen LogP contribution < -0.4 is 5.32 Å². The molecule has 0 bridgehead atoms. The molecule has 1 N–H and O–H groups in total. The van der Waals surface area contributed by atoms with Gasteiger partial charge in [0.05, 0.1) is 4.34 Å². The van der Waals surface area contributed by atoms with E-state index in [0.29, 0.717) is 6.04 Å². The first kappa shape index (κ1) is 14.6. The second kappa shape index (κ2) is 6.08. The molecule has 2 rings (SSSR count). The van der Waals surface area contributed by atoms with Crippen LogP contribution in [0.4, 0.5) is 0 Å². The van der Waals surface area contributed by atoms with Crippen LogP contribution in [0.5, 0.6) is 0 Å². The van der Waals surface area contributed by atoms with E-state index >= 15 is 0 Å². The fraction of sp³-hybridized carbons (Fsp3) is 0.375. The second-order valence-electron chi connectivity index (χ2n) is 5.49. The molecule has 0 radical (unpaired) electrons. The van der Waals surface area contributed by atoms with Crippen molar-refractivity contribution in [2.75, 3.05) is 6.54 Å². The lowest BCUT2D eigenvalue weighted by molar-refractivity contribution is 0.438. The lowest BCUT2D eigenvalue weighted by Crippen LogP contribution is -2.34. The van der Waals surface area contributed by atoms with Gasteiger partial charge in [-0.1, -0.05) is 55.8 Å². The average molecular weight is 294 g/mol. The first-order valence-corrected chi connectivity index (χ1v) is 7.72. The Morgan fingerprint density at radius 1 is 1.16 bits per heavy atom. The van der Waals surface area contributed by atoms with Crippen molar-refractivity contribution in [3.8, 4) is 0 Å². The van der Waals surface area contributed by atoms with E-state index in [4.69, 9.17) is 11.6 Å². The maximum atomic E-state index is 5.98. The summed E-state index contributed by atoms with van der Waals surface area (Å²) in [5, 5.41) is 3.60. The number of hydrogen-bond donors (Lipinski definition) is 1. The van der Waals surface area contributed by atoms with E-state index in [1.807, 2.05) is 6.07 Å². The van der Waals surface area contributed by atoms with Crippen molar-refractivity contribution in [3.63, 3.8) is 0 Å². The van der Waals surface area contributed by atoms with Gasteiger partial charge in [-0.25, -0.2) is 0 Å². The number of benzene rings is 1. The molecule has 1 unspecified atom stereocenters. The molecular weight excluding hydrogens is 274 g/mol. The van der Waals surface area contributed by atoms with Gasteiger partial charge in [-0.3, -0.25) is 0 Å². The van der Waals surface area contributed by atoms with Crippen LogP contribution in [0.3, 0.4) is 0 Å². The van der Waals surface area contributed by atoms with Gasteiger partial charge in [0.25, 0.3) is 0 Å². The summed E-state index contributed by atoms with van der Waals surface area (Å²) in [4.78, 5) is 1.29. The molecule has 1 nitrogen and oxygen atoms in total. The molecule has 19 heavy (non-hydrogen) atoms. The van der Waals surface area contributed by atoms with Crippen LogP contribution in [0.2, 0.25) is 4.34 Å². The van der Waals surface area contributed by atoms with Crippen LogP contribution in [0.1, 0.15) is 37.3 Å². The van der Waals surface area contributed by atoms with E-state index in [2.05, 4.69) is 62.5 Å². The van der Waals surface area contributed by atoms with Crippen LogP contribution in [-0.4, -0.2) is 6.54 Å². The predicted molar refractivity (Wildman–Crippen MR) is 85.2 cm³/mol. The summed E-state index contributed by atoms with van der Waals surface area (Å²) in [5.41, 5.74) is 1.48. The molecule has 0 aliphatic heterocycles. The highest BCUT2D eigenvalue weighted by Gasteiger charge is 2.21. The van der Waals surface area contributed by atoms with E-state index in [1.54, 1.807) is 11.3 Å². The Kier molecular flexibility index (Phi) is 4.67.